The van der Waals surface area contributed by atoms with Crippen molar-refractivity contribution in [1.82, 2.24) is 4.90 Å². The Hall–Kier alpha value is -0.570. The van der Waals surface area contributed by atoms with Crippen LogP contribution in [0.4, 0.5) is 0 Å². The van der Waals surface area contributed by atoms with Crippen molar-refractivity contribution in [2.45, 2.75) is 57.9 Å². The average Bonchev–Trinajstić information content (AvgIpc) is 2.29. The van der Waals surface area contributed by atoms with Crippen molar-refractivity contribution in [2.24, 2.45) is 11.7 Å². The summed E-state index contributed by atoms with van der Waals surface area (Å²) in [6.07, 6.45) is 8.35. The number of nitrogens with zero attached hydrogens (tertiary/aromatic N) is 1. The van der Waals surface area contributed by atoms with Crippen LogP contribution in [0.5, 0.6) is 0 Å². The van der Waals surface area contributed by atoms with E-state index in [2.05, 4.69) is 6.92 Å². The highest BCUT2D eigenvalue weighted by molar-refractivity contribution is 5.81. The largest absolute Gasteiger partial charge is 0.344 e. The Balaban J connectivity index is 2.32. The fourth-order valence-electron chi connectivity index (χ4n) is 2.56. The molecule has 0 radical (unpaired) electrons. The molecule has 0 unspecified atom stereocenters. The summed E-state index contributed by atoms with van der Waals surface area (Å²) in [4.78, 5) is 13.8. The molecule has 1 aliphatic rings. The topological polar surface area (TPSA) is 46.3 Å². The average molecular weight is 226 g/mol. The summed E-state index contributed by atoms with van der Waals surface area (Å²) in [5.41, 5.74) is 5.84. The predicted octanol–water partition coefficient (Wildman–Crippen LogP) is 2.15. The number of likely N-dealkylation sites (N-methyl/N-ethyl adjacent to an activating group) is 1. The van der Waals surface area contributed by atoms with Crippen molar-refractivity contribution in [3.8, 4) is 0 Å². The van der Waals surface area contributed by atoms with Gasteiger partial charge < -0.3 is 10.6 Å². The SMILES string of the molecule is CCC[C@@H](N)C(=O)N(C)CC1CCCCC1. The molecule has 0 saturated heterocycles. The van der Waals surface area contributed by atoms with E-state index in [-0.39, 0.29) is 11.9 Å². The molecule has 3 heteroatoms. The van der Waals surface area contributed by atoms with E-state index in [1.54, 1.807) is 0 Å². The van der Waals surface area contributed by atoms with Crippen LogP contribution in [0.3, 0.4) is 0 Å². The molecule has 0 aromatic rings. The highest BCUT2D eigenvalue weighted by atomic mass is 16.2. The summed E-state index contributed by atoms with van der Waals surface area (Å²) in [6.45, 7) is 2.96. The first-order valence-electron chi connectivity index (χ1n) is 6.65. The highest BCUT2D eigenvalue weighted by Gasteiger charge is 2.21. The second-order valence-corrected chi connectivity index (χ2v) is 5.12. The van der Waals surface area contributed by atoms with Crippen LogP contribution >= 0.6 is 0 Å². The lowest BCUT2D eigenvalue weighted by Crippen LogP contribution is -2.43. The maximum absolute atomic E-state index is 11.9. The van der Waals surface area contributed by atoms with E-state index < -0.39 is 0 Å². The van der Waals surface area contributed by atoms with Crippen LogP contribution in [-0.2, 0) is 4.79 Å². The Morgan fingerprint density at radius 2 is 2.00 bits per heavy atom. The van der Waals surface area contributed by atoms with Gasteiger partial charge >= 0.3 is 0 Å². The molecule has 1 saturated carbocycles. The van der Waals surface area contributed by atoms with Crippen molar-refractivity contribution in [2.75, 3.05) is 13.6 Å². The van der Waals surface area contributed by atoms with Crippen molar-refractivity contribution < 1.29 is 4.79 Å². The molecule has 2 N–H and O–H groups in total. The first-order chi connectivity index (χ1) is 7.65. The molecule has 0 aliphatic heterocycles. The number of carbonyl (C=O) groups is 1. The molecular formula is C13H26N2O. The number of carbonyl (C=O) groups excluding carboxylic acids is 1. The number of amides is 1. The molecule has 1 amide bonds. The molecule has 1 fully saturated rings. The molecular weight excluding hydrogens is 200 g/mol. The van der Waals surface area contributed by atoms with Gasteiger partial charge in [-0.25, -0.2) is 0 Å². The van der Waals surface area contributed by atoms with Crippen molar-refractivity contribution in [1.29, 1.82) is 0 Å². The van der Waals surface area contributed by atoms with Gasteiger partial charge in [-0.05, 0) is 25.2 Å². The number of hydrogen-bond donors (Lipinski definition) is 1. The minimum Gasteiger partial charge on any atom is -0.344 e. The van der Waals surface area contributed by atoms with Gasteiger partial charge in [0.05, 0.1) is 6.04 Å². The van der Waals surface area contributed by atoms with Gasteiger partial charge in [0.15, 0.2) is 0 Å². The molecule has 1 rings (SSSR count). The summed E-state index contributed by atoms with van der Waals surface area (Å²) in [5, 5.41) is 0. The smallest absolute Gasteiger partial charge is 0.239 e. The molecule has 16 heavy (non-hydrogen) atoms. The van der Waals surface area contributed by atoms with Crippen LogP contribution < -0.4 is 5.73 Å². The van der Waals surface area contributed by atoms with Gasteiger partial charge in [0.25, 0.3) is 0 Å². The molecule has 0 aromatic heterocycles. The van der Waals surface area contributed by atoms with Crippen LogP contribution in [0.1, 0.15) is 51.9 Å². The van der Waals surface area contributed by atoms with Crippen molar-refractivity contribution in [3.63, 3.8) is 0 Å². The summed E-state index contributed by atoms with van der Waals surface area (Å²) in [7, 11) is 1.90. The highest BCUT2D eigenvalue weighted by Crippen LogP contribution is 2.24. The quantitative estimate of drug-likeness (QED) is 0.781. The maximum atomic E-state index is 11.9. The van der Waals surface area contributed by atoms with Gasteiger partial charge in [-0.15, -0.1) is 0 Å². The minimum absolute atomic E-state index is 0.118. The van der Waals surface area contributed by atoms with Crippen LogP contribution in [0.15, 0.2) is 0 Å². The van der Waals surface area contributed by atoms with Gasteiger partial charge in [0, 0.05) is 13.6 Å². The van der Waals surface area contributed by atoms with Crippen LogP contribution in [-0.4, -0.2) is 30.4 Å². The fourth-order valence-corrected chi connectivity index (χ4v) is 2.56. The second-order valence-electron chi connectivity index (χ2n) is 5.12. The van der Waals surface area contributed by atoms with Crippen molar-refractivity contribution in [3.05, 3.63) is 0 Å². The van der Waals surface area contributed by atoms with Crippen molar-refractivity contribution >= 4 is 5.91 Å². The minimum atomic E-state index is -0.293. The van der Waals surface area contributed by atoms with Crippen LogP contribution in [0.25, 0.3) is 0 Å². The maximum Gasteiger partial charge on any atom is 0.239 e. The predicted molar refractivity (Wildman–Crippen MR) is 67.1 cm³/mol. The van der Waals surface area contributed by atoms with E-state index >= 15 is 0 Å². The molecule has 1 aliphatic carbocycles. The molecule has 3 nitrogen and oxygen atoms in total. The first-order valence-corrected chi connectivity index (χ1v) is 6.65. The second kappa shape index (κ2) is 6.89. The van der Waals surface area contributed by atoms with E-state index in [9.17, 15) is 4.79 Å². The fraction of sp³-hybridized carbons (Fsp3) is 0.923. The van der Waals surface area contributed by atoms with Gasteiger partial charge in [-0.1, -0.05) is 32.6 Å². The summed E-state index contributed by atoms with van der Waals surface area (Å²) >= 11 is 0. The number of nitrogens with two attached hydrogens (primary N) is 1. The van der Waals surface area contributed by atoms with E-state index in [4.69, 9.17) is 5.73 Å². The monoisotopic (exact) mass is 226 g/mol. The molecule has 0 heterocycles. The molecule has 0 spiro atoms. The lowest BCUT2D eigenvalue weighted by Gasteiger charge is -2.28. The van der Waals surface area contributed by atoms with E-state index in [1.165, 1.54) is 32.1 Å². The lowest BCUT2D eigenvalue weighted by molar-refractivity contribution is -0.132. The first kappa shape index (κ1) is 13.5. The summed E-state index contributed by atoms with van der Waals surface area (Å²) in [5.74, 6) is 0.823. The van der Waals surface area contributed by atoms with Crippen LogP contribution in [0, 0.1) is 5.92 Å². The Bertz CT molecular complexity index is 212. The number of hydrogen-bond acceptors (Lipinski definition) is 2. The Morgan fingerprint density at radius 1 is 1.38 bits per heavy atom. The standard InChI is InChI=1S/C13H26N2O/c1-3-7-12(14)13(16)15(2)10-11-8-5-4-6-9-11/h11-12H,3-10,14H2,1-2H3/t12-/m1/s1. The molecule has 1 atom stereocenters. The normalized spacial score (nSPS) is 19.4. The lowest BCUT2D eigenvalue weighted by atomic mass is 9.89. The van der Waals surface area contributed by atoms with E-state index in [0.717, 1.165) is 19.4 Å². The van der Waals surface area contributed by atoms with E-state index in [1.807, 2.05) is 11.9 Å². The molecule has 0 bridgehead atoms. The Morgan fingerprint density at radius 3 is 2.56 bits per heavy atom. The zero-order valence-corrected chi connectivity index (χ0v) is 10.7. The molecule has 0 aromatic carbocycles. The van der Waals surface area contributed by atoms with Crippen LogP contribution in [0.2, 0.25) is 0 Å². The zero-order chi connectivity index (χ0) is 12.0. The van der Waals surface area contributed by atoms with Gasteiger partial charge in [-0.3, -0.25) is 4.79 Å². The van der Waals surface area contributed by atoms with Gasteiger partial charge in [-0.2, -0.15) is 0 Å². The third-order valence-corrected chi connectivity index (χ3v) is 3.55. The summed E-state index contributed by atoms with van der Waals surface area (Å²) < 4.78 is 0. The molecule has 94 valence electrons. The van der Waals surface area contributed by atoms with E-state index in [0.29, 0.717) is 5.92 Å². The van der Waals surface area contributed by atoms with Gasteiger partial charge in [0.2, 0.25) is 5.91 Å². The third-order valence-electron chi connectivity index (χ3n) is 3.55. The third kappa shape index (κ3) is 4.12. The van der Waals surface area contributed by atoms with Gasteiger partial charge in [0.1, 0.15) is 0 Å². The summed E-state index contributed by atoms with van der Waals surface area (Å²) in [6, 6.07) is -0.293. The zero-order valence-electron chi connectivity index (χ0n) is 10.7. The Labute approximate surface area is 99.4 Å². The number of rotatable bonds is 5. The Kier molecular flexibility index (Phi) is 5.81.